The predicted octanol–water partition coefficient (Wildman–Crippen LogP) is 2.46. The monoisotopic (exact) mass is 272 g/mol. The van der Waals surface area contributed by atoms with Crippen molar-refractivity contribution in [2.24, 2.45) is 0 Å². The molecule has 0 atom stereocenters. The quantitative estimate of drug-likeness (QED) is 0.610. The first-order valence-electron chi connectivity index (χ1n) is 3.30. The molecule has 66 valence electrons. The number of benzene rings is 1. The number of carbonyl (C=O) groups excluding carboxylic acids is 1. The number of halogens is 1. The third kappa shape index (κ3) is 3.32. The van der Waals surface area contributed by atoms with Crippen LogP contribution in [0.5, 0.6) is 0 Å². The van der Waals surface area contributed by atoms with Crippen LogP contribution in [-0.4, -0.2) is 4.26 Å². The molecule has 0 N–H and O–H groups in total. The molecule has 1 aromatic rings. The van der Waals surface area contributed by atoms with Crippen LogP contribution in [0, 0.1) is 0 Å². The molecule has 0 aliphatic rings. The van der Waals surface area contributed by atoms with E-state index in [1.54, 1.807) is 6.08 Å². The Balaban J connectivity index is 2.64. The average Bonchev–Trinajstić information content (AvgIpc) is 2.16. The fourth-order valence-corrected chi connectivity index (χ4v) is 1.20. The van der Waals surface area contributed by atoms with Crippen molar-refractivity contribution in [3.8, 4) is 0 Å². The van der Waals surface area contributed by atoms with Gasteiger partial charge in [0, 0.05) is 0 Å². The van der Waals surface area contributed by atoms with Crippen LogP contribution in [0.1, 0.15) is 5.56 Å². The third-order valence-electron chi connectivity index (χ3n) is 1.26. The van der Waals surface area contributed by atoms with Crippen molar-refractivity contribution in [3.05, 3.63) is 42.0 Å². The maximum atomic E-state index is 10.8. The standard InChI is InChI=1S/C9H7O.ClH.Pd/c10-8-4-7-9-5-2-1-3-6-9;;/h1-7H;1H;/q;;+1/p-1. The van der Waals surface area contributed by atoms with Crippen LogP contribution in [0.25, 0.3) is 6.08 Å². The molecule has 0 saturated carbocycles. The molecule has 0 radical (unpaired) electrons. The third-order valence-corrected chi connectivity index (χ3v) is 2.50. The Hall–Kier alpha value is -0.418. The Morgan fingerprint density at radius 1 is 1.33 bits per heavy atom. The summed E-state index contributed by atoms with van der Waals surface area (Å²) in [5, 5.41) is 0. The minimum atomic E-state index is -0.342. The van der Waals surface area contributed by atoms with Crippen LogP contribution in [0.3, 0.4) is 0 Å². The fraction of sp³-hybridized carbons (Fsp3) is 0. The first-order chi connectivity index (χ1) is 5.83. The van der Waals surface area contributed by atoms with Crippen LogP contribution in [0.4, 0.5) is 0 Å². The van der Waals surface area contributed by atoms with Gasteiger partial charge in [0.25, 0.3) is 0 Å². The molecule has 0 spiro atoms. The molecule has 0 saturated heterocycles. The second-order valence-corrected chi connectivity index (χ2v) is 3.84. The van der Waals surface area contributed by atoms with Crippen LogP contribution < -0.4 is 0 Å². The molecule has 0 fully saturated rings. The molecule has 0 amide bonds. The van der Waals surface area contributed by atoms with Crippen molar-refractivity contribution in [2.75, 3.05) is 0 Å². The molecule has 0 bridgehead atoms. The predicted molar refractivity (Wildman–Crippen MR) is 46.3 cm³/mol. The van der Waals surface area contributed by atoms with Gasteiger partial charge in [0.2, 0.25) is 0 Å². The van der Waals surface area contributed by atoms with Gasteiger partial charge in [-0.1, -0.05) is 0 Å². The second kappa shape index (κ2) is 5.27. The SMILES string of the molecule is O=[C](C=Cc1ccccc1)[Pd][Cl]. The molecule has 0 heterocycles. The topological polar surface area (TPSA) is 17.1 Å². The average molecular weight is 273 g/mol. The van der Waals surface area contributed by atoms with Crippen molar-refractivity contribution in [3.63, 3.8) is 0 Å². The van der Waals surface area contributed by atoms with E-state index in [1.165, 1.54) is 6.08 Å². The summed E-state index contributed by atoms with van der Waals surface area (Å²) >= 11 is -0.342. The molecule has 1 nitrogen and oxygen atoms in total. The molecule has 3 heteroatoms. The van der Waals surface area contributed by atoms with Crippen molar-refractivity contribution < 1.29 is 21.8 Å². The first-order valence-corrected chi connectivity index (χ1v) is 6.08. The summed E-state index contributed by atoms with van der Waals surface area (Å²) in [6.07, 6.45) is 3.28. The van der Waals surface area contributed by atoms with E-state index >= 15 is 0 Å². The van der Waals surface area contributed by atoms with Crippen molar-refractivity contribution in [1.82, 2.24) is 0 Å². The van der Waals surface area contributed by atoms with E-state index in [9.17, 15) is 4.79 Å². The van der Waals surface area contributed by atoms with Crippen LogP contribution >= 0.6 is 9.53 Å². The molecule has 0 unspecified atom stereocenters. The molecule has 0 aliphatic heterocycles. The van der Waals surface area contributed by atoms with E-state index in [0.29, 0.717) is 0 Å². The van der Waals surface area contributed by atoms with Crippen LogP contribution in [0.2, 0.25) is 0 Å². The van der Waals surface area contributed by atoms with Gasteiger partial charge in [-0.15, -0.1) is 0 Å². The first kappa shape index (κ1) is 9.67. The number of hydrogen-bond donors (Lipinski definition) is 0. The fourth-order valence-electron chi connectivity index (χ4n) is 0.741. The number of allylic oxidation sites excluding steroid dienone is 1. The van der Waals surface area contributed by atoms with Gasteiger partial charge in [-0.2, -0.15) is 0 Å². The van der Waals surface area contributed by atoms with Gasteiger partial charge in [-0.3, -0.25) is 0 Å². The molecule has 1 aromatic carbocycles. The van der Waals surface area contributed by atoms with E-state index in [-0.39, 0.29) is 21.2 Å². The maximum absolute atomic E-state index is 10.8. The Morgan fingerprint density at radius 3 is 2.58 bits per heavy atom. The second-order valence-electron chi connectivity index (χ2n) is 2.08. The molecule has 12 heavy (non-hydrogen) atoms. The van der Waals surface area contributed by atoms with Crippen molar-refractivity contribution in [2.45, 2.75) is 0 Å². The molecular weight excluding hydrogens is 266 g/mol. The van der Waals surface area contributed by atoms with E-state index in [1.807, 2.05) is 30.3 Å². The van der Waals surface area contributed by atoms with E-state index in [4.69, 9.17) is 9.53 Å². The summed E-state index contributed by atoms with van der Waals surface area (Å²) in [6.45, 7) is 0. The van der Waals surface area contributed by atoms with Gasteiger partial charge in [0.05, 0.1) is 0 Å². The zero-order valence-electron chi connectivity index (χ0n) is 6.14. The number of carbonyl (C=O) groups is 1. The summed E-state index contributed by atoms with van der Waals surface area (Å²) in [5.74, 6) is 0. The van der Waals surface area contributed by atoms with Gasteiger partial charge < -0.3 is 0 Å². The molecule has 1 rings (SSSR count). The summed E-state index contributed by atoms with van der Waals surface area (Å²) < 4.78 is -0.0190. The Labute approximate surface area is 83.6 Å². The van der Waals surface area contributed by atoms with E-state index < -0.39 is 0 Å². The van der Waals surface area contributed by atoms with Gasteiger partial charge in [-0.25, -0.2) is 0 Å². The Kier molecular flexibility index (Phi) is 4.24. The van der Waals surface area contributed by atoms with E-state index in [2.05, 4.69) is 0 Å². The zero-order valence-corrected chi connectivity index (χ0v) is 8.45. The normalized spacial score (nSPS) is 10.8. The summed E-state index contributed by atoms with van der Waals surface area (Å²) in [5.41, 5.74) is 1.02. The zero-order chi connectivity index (χ0) is 8.81. The number of hydrogen-bond acceptors (Lipinski definition) is 1. The summed E-state index contributed by atoms with van der Waals surface area (Å²) in [4.78, 5) is 10.8. The molecular formula is C9H7ClOPd. The van der Waals surface area contributed by atoms with Gasteiger partial charge >= 0.3 is 83.6 Å². The Morgan fingerprint density at radius 2 is 2.00 bits per heavy atom. The van der Waals surface area contributed by atoms with E-state index in [0.717, 1.165) is 5.56 Å². The summed E-state index contributed by atoms with van der Waals surface area (Å²) in [6, 6.07) is 9.65. The molecule has 0 aromatic heterocycles. The van der Waals surface area contributed by atoms with Gasteiger partial charge in [0.1, 0.15) is 0 Å². The minimum absolute atomic E-state index is 0.0190. The van der Waals surface area contributed by atoms with Crippen LogP contribution in [-0.2, 0) is 21.8 Å². The Bertz CT molecular complexity index is 282. The number of rotatable bonds is 3. The summed E-state index contributed by atoms with van der Waals surface area (Å²) in [7, 11) is 5.37. The van der Waals surface area contributed by atoms with Gasteiger partial charge in [0.15, 0.2) is 0 Å². The van der Waals surface area contributed by atoms with Gasteiger partial charge in [-0.05, 0) is 0 Å². The van der Waals surface area contributed by atoms with Crippen LogP contribution in [0.15, 0.2) is 36.4 Å². The van der Waals surface area contributed by atoms with Crippen molar-refractivity contribution in [1.29, 1.82) is 0 Å². The molecule has 0 aliphatic carbocycles. The van der Waals surface area contributed by atoms with Crippen molar-refractivity contribution >= 4 is 19.9 Å².